The van der Waals surface area contributed by atoms with Crippen molar-refractivity contribution in [3.05, 3.63) is 98.4 Å². The second-order valence-corrected chi connectivity index (χ2v) is 9.09. The first kappa shape index (κ1) is 23.2. The van der Waals surface area contributed by atoms with Crippen molar-refractivity contribution < 1.29 is 19.1 Å². The summed E-state index contributed by atoms with van der Waals surface area (Å²) in [6.45, 7) is 0.552. The second kappa shape index (κ2) is 10.3. The number of methoxy groups -OCH3 is 1. The minimum Gasteiger partial charge on any atom is -0.493 e. The van der Waals surface area contributed by atoms with Crippen LogP contribution in [0.25, 0.3) is 6.08 Å². The van der Waals surface area contributed by atoms with E-state index in [1.54, 1.807) is 61.7 Å². The average Bonchev–Trinajstić information content (AvgIpc) is 3.07. The Labute approximate surface area is 205 Å². The number of carbonyl (C=O) groups is 2. The number of halogens is 2. The van der Waals surface area contributed by atoms with Crippen molar-refractivity contribution in [3.8, 4) is 11.5 Å². The first-order valence-electron chi connectivity index (χ1n) is 9.98. The summed E-state index contributed by atoms with van der Waals surface area (Å²) >= 11 is 12.7. The average molecular weight is 500 g/mol. The normalized spacial score (nSPS) is 14.8. The second-order valence-electron chi connectivity index (χ2n) is 7.22. The van der Waals surface area contributed by atoms with E-state index in [-0.39, 0.29) is 17.7 Å². The molecule has 1 heterocycles. The molecule has 3 aromatic rings. The molecule has 33 heavy (non-hydrogen) atoms. The van der Waals surface area contributed by atoms with Gasteiger partial charge in [-0.05, 0) is 70.9 Å². The van der Waals surface area contributed by atoms with Gasteiger partial charge >= 0.3 is 0 Å². The number of hydrogen-bond donors (Lipinski definition) is 0. The van der Waals surface area contributed by atoms with Gasteiger partial charge in [-0.15, -0.1) is 0 Å². The molecule has 1 fully saturated rings. The number of rotatable bonds is 7. The minimum absolute atomic E-state index is 0.194. The molecule has 4 rings (SSSR count). The summed E-state index contributed by atoms with van der Waals surface area (Å²) in [7, 11) is 1.55. The van der Waals surface area contributed by atoms with E-state index in [1.165, 1.54) is 4.90 Å². The number of amides is 2. The van der Waals surface area contributed by atoms with E-state index in [1.807, 2.05) is 18.2 Å². The molecule has 1 aliphatic heterocycles. The molecular weight excluding hydrogens is 481 g/mol. The Hall–Kier alpha value is -2.93. The van der Waals surface area contributed by atoms with Gasteiger partial charge in [-0.25, -0.2) is 0 Å². The van der Waals surface area contributed by atoms with Crippen molar-refractivity contribution in [2.24, 2.45) is 0 Å². The van der Waals surface area contributed by atoms with E-state index in [2.05, 4.69) is 0 Å². The van der Waals surface area contributed by atoms with Crippen LogP contribution in [-0.4, -0.2) is 23.2 Å². The zero-order chi connectivity index (χ0) is 23.4. The molecule has 0 spiro atoms. The van der Waals surface area contributed by atoms with Gasteiger partial charge in [0.1, 0.15) is 6.61 Å². The molecular formula is C25H19Cl2NO4S. The molecule has 0 atom stereocenters. The van der Waals surface area contributed by atoms with Crippen LogP contribution >= 0.6 is 35.0 Å². The van der Waals surface area contributed by atoms with E-state index in [4.69, 9.17) is 32.7 Å². The SMILES string of the molecule is COc1cc(C=C2SC(=O)N(Cc3ccc(Cl)cc3)C2=O)ccc1OCc1ccc(Cl)cc1. The van der Waals surface area contributed by atoms with Gasteiger partial charge in [-0.1, -0.05) is 53.5 Å². The van der Waals surface area contributed by atoms with Gasteiger partial charge in [-0.2, -0.15) is 0 Å². The Morgan fingerprint density at radius 2 is 1.52 bits per heavy atom. The third-order valence-electron chi connectivity index (χ3n) is 4.92. The molecule has 0 aromatic heterocycles. The fourth-order valence-corrected chi connectivity index (χ4v) is 4.29. The highest BCUT2D eigenvalue weighted by molar-refractivity contribution is 8.18. The van der Waals surface area contributed by atoms with Crippen LogP contribution < -0.4 is 9.47 Å². The summed E-state index contributed by atoms with van der Waals surface area (Å²) in [5, 5.41) is 0.955. The number of carbonyl (C=O) groups excluding carboxylic acids is 2. The monoisotopic (exact) mass is 499 g/mol. The van der Waals surface area contributed by atoms with Crippen molar-refractivity contribution in [2.45, 2.75) is 13.2 Å². The van der Waals surface area contributed by atoms with Crippen molar-refractivity contribution in [2.75, 3.05) is 7.11 Å². The number of imide groups is 1. The Balaban J connectivity index is 1.47. The van der Waals surface area contributed by atoms with Crippen LogP contribution in [0.4, 0.5) is 4.79 Å². The van der Waals surface area contributed by atoms with Gasteiger partial charge in [-0.3, -0.25) is 14.5 Å². The fraction of sp³-hybridized carbons (Fsp3) is 0.120. The molecule has 0 saturated carbocycles. The smallest absolute Gasteiger partial charge is 0.293 e. The highest BCUT2D eigenvalue weighted by Crippen LogP contribution is 2.35. The topological polar surface area (TPSA) is 55.8 Å². The van der Waals surface area contributed by atoms with E-state index < -0.39 is 0 Å². The minimum atomic E-state index is -0.331. The first-order chi connectivity index (χ1) is 15.9. The van der Waals surface area contributed by atoms with Gasteiger partial charge < -0.3 is 9.47 Å². The highest BCUT2D eigenvalue weighted by atomic mass is 35.5. The molecule has 168 valence electrons. The molecule has 0 unspecified atom stereocenters. The predicted octanol–water partition coefficient (Wildman–Crippen LogP) is 6.82. The molecule has 0 aliphatic carbocycles. The maximum Gasteiger partial charge on any atom is 0.293 e. The van der Waals surface area contributed by atoms with Crippen molar-refractivity contribution in [3.63, 3.8) is 0 Å². The van der Waals surface area contributed by atoms with E-state index in [0.717, 1.165) is 28.5 Å². The number of nitrogens with zero attached hydrogens (tertiary/aromatic N) is 1. The lowest BCUT2D eigenvalue weighted by Gasteiger charge is -2.12. The van der Waals surface area contributed by atoms with Gasteiger partial charge in [0, 0.05) is 10.0 Å². The summed E-state index contributed by atoms with van der Waals surface area (Å²) in [5.41, 5.74) is 2.52. The van der Waals surface area contributed by atoms with Gasteiger partial charge in [0.2, 0.25) is 0 Å². The molecule has 2 amide bonds. The van der Waals surface area contributed by atoms with Crippen LogP contribution in [0.3, 0.4) is 0 Å². The first-order valence-corrected chi connectivity index (χ1v) is 11.6. The Morgan fingerprint density at radius 1 is 0.879 bits per heavy atom. The summed E-state index contributed by atoms with van der Waals surface area (Å²) < 4.78 is 11.3. The highest BCUT2D eigenvalue weighted by Gasteiger charge is 2.35. The standard InChI is InChI=1S/C25H19Cl2NO4S/c1-31-22-12-18(6-11-21(22)32-15-17-4-9-20(27)10-5-17)13-23-24(29)28(25(30)33-23)14-16-2-7-19(26)8-3-16/h2-13H,14-15H2,1H3. The van der Waals surface area contributed by atoms with E-state index in [9.17, 15) is 9.59 Å². The molecule has 0 bridgehead atoms. The third kappa shape index (κ3) is 5.71. The molecule has 0 N–H and O–H groups in total. The van der Waals surface area contributed by atoms with E-state index in [0.29, 0.717) is 33.1 Å². The van der Waals surface area contributed by atoms with Gasteiger partial charge in [0.15, 0.2) is 11.5 Å². The van der Waals surface area contributed by atoms with Crippen molar-refractivity contribution in [1.29, 1.82) is 0 Å². The van der Waals surface area contributed by atoms with Crippen LogP contribution in [0, 0.1) is 0 Å². The molecule has 0 radical (unpaired) electrons. The lowest BCUT2D eigenvalue weighted by atomic mass is 10.1. The zero-order valence-corrected chi connectivity index (χ0v) is 19.9. The van der Waals surface area contributed by atoms with Crippen molar-refractivity contribution >= 4 is 52.2 Å². The zero-order valence-electron chi connectivity index (χ0n) is 17.6. The fourth-order valence-electron chi connectivity index (χ4n) is 3.19. The summed E-state index contributed by atoms with van der Waals surface area (Å²) in [6, 6.07) is 19.8. The lowest BCUT2D eigenvalue weighted by molar-refractivity contribution is -0.123. The lowest BCUT2D eigenvalue weighted by Crippen LogP contribution is -2.27. The largest absolute Gasteiger partial charge is 0.493 e. The quantitative estimate of drug-likeness (QED) is 0.334. The van der Waals surface area contributed by atoms with Crippen LogP contribution in [0.1, 0.15) is 16.7 Å². The Morgan fingerprint density at radius 3 is 2.15 bits per heavy atom. The van der Waals surface area contributed by atoms with Gasteiger partial charge in [0.25, 0.3) is 11.1 Å². The summed E-state index contributed by atoms with van der Waals surface area (Å²) in [4.78, 5) is 26.8. The van der Waals surface area contributed by atoms with Crippen molar-refractivity contribution in [1.82, 2.24) is 4.90 Å². The Bertz CT molecular complexity index is 1210. The van der Waals surface area contributed by atoms with Crippen LogP contribution in [0.15, 0.2) is 71.6 Å². The predicted molar refractivity (Wildman–Crippen MR) is 132 cm³/mol. The van der Waals surface area contributed by atoms with Crippen LogP contribution in [0.2, 0.25) is 10.0 Å². The molecule has 1 saturated heterocycles. The molecule has 5 nitrogen and oxygen atoms in total. The maximum atomic E-state index is 12.8. The van der Waals surface area contributed by atoms with E-state index >= 15 is 0 Å². The number of hydrogen-bond acceptors (Lipinski definition) is 5. The summed E-state index contributed by atoms with van der Waals surface area (Å²) in [5.74, 6) is 0.764. The number of benzene rings is 3. The maximum absolute atomic E-state index is 12.8. The van der Waals surface area contributed by atoms with Crippen LogP contribution in [0.5, 0.6) is 11.5 Å². The molecule has 8 heteroatoms. The molecule has 1 aliphatic rings. The molecule has 3 aromatic carbocycles. The number of ether oxygens (including phenoxy) is 2. The number of thioether (sulfide) groups is 1. The van der Waals surface area contributed by atoms with Gasteiger partial charge in [0.05, 0.1) is 18.6 Å². The summed E-state index contributed by atoms with van der Waals surface area (Å²) in [6.07, 6.45) is 1.68. The Kier molecular flexibility index (Phi) is 7.28. The third-order valence-corrected chi connectivity index (χ3v) is 6.33. The van der Waals surface area contributed by atoms with Crippen LogP contribution in [-0.2, 0) is 17.9 Å².